The van der Waals surface area contributed by atoms with Crippen LogP contribution in [0.3, 0.4) is 0 Å². The van der Waals surface area contributed by atoms with E-state index < -0.39 is 24.0 Å². The summed E-state index contributed by atoms with van der Waals surface area (Å²) in [6, 6.07) is 7.01. The summed E-state index contributed by atoms with van der Waals surface area (Å²) < 4.78 is 31.2. The van der Waals surface area contributed by atoms with E-state index in [1.165, 1.54) is 24.3 Å². The summed E-state index contributed by atoms with van der Waals surface area (Å²) in [5.74, 6) is -7.49. The molecule has 1 rings (SSSR count). The Morgan fingerprint density at radius 3 is 2.24 bits per heavy atom. The highest BCUT2D eigenvalue weighted by molar-refractivity contribution is 5.77. The predicted octanol–water partition coefficient (Wildman–Crippen LogP) is 2.01. The Labute approximate surface area is 95.8 Å². The van der Waals surface area contributed by atoms with E-state index in [0.717, 1.165) is 6.92 Å². The summed E-state index contributed by atoms with van der Waals surface area (Å²) in [6.07, 6.45) is -2.13. The van der Waals surface area contributed by atoms with Gasteiger partial charge < -0.3 is 9.84 Å². The molecular formula is C11H10F2O4. The molecule has 0 aliphatic carbocycles. The van der Waals surface area contributed by atoms with Crippen molar-refractivity contribution in [1.82, 2.24) is 0 Å². The number of carbonyl (C=O) groups excluding carboxylic acids is 1. The van der Waals surface area contributed by atoms with E-state index in [-0.39, 0.29) is 5.56 Å². The number of aliphatic carboxylic acids is 1. The molecule has 6 heteroatoms. The molecule has 0 fully saturated rings. The molecule has 1 N–H and O–H groups in total. The fourth-order valence-electron chi connectivity index (χ4n) is 1.26. The summed E-state index contributed by atoms with van der Waals surface area (Å²) in [4.78, 5) is 21.2. The van der Waals surface area contributed by atoms with Gasteiger partial charge in [-0.3, -0.25) is 4.79 Å². The Balaban J connectivity index is 3.13. The highest BCUT2D eigenvalue weighted by Crippen LogP contribution is 2.34. The standard InChI is InChI=1S/C11H10F2O4/c1-7(14)17-9(11(12,13)10(15)16)8-5-3-2-4-6-8/h2-6,9H,1H3,(H,15,16). The molecule has 0 radical (unpaired) electrons. The molecule has 0 spiro atoms. The van der Waals surface area contributed by atoms with Gasteiger partial charge in [0.2, 0.25) is 6.10 Å². The summed E-state index contributed by atoms with van der Waals surface area (Å²) >= 11 is 0. The molecule has 92 valence electrons. The number of rotatable bonds is 4. The van der Waals surface area contributed by atoms with Crippen LogP contribution in [-0.2, 0) is 14.3 Å². The molecule has 0 heterocycles. The third-order valence-corrected chi connectivity index (χ3v) is 2.00. The number of hydrogen-bond donors (Lipinski definition) is 1. The largest absolute Gasteiger partial charge is 0.477 e. The van der Waals surface area contributed by atoms with Crippen molar-refractivity contribution in [3.05, 3.63) is 35.9 Å². The molecule has 1 unspecified atom stereocenters. The predicted molar refractivity (Wildman–Crippen MR) is 53.5 cm³/mol. The zero-order valence-electron chi connectivity index (χ0n) is 8.89. The second-order valence-electron chi connectivity index (χ2n) is 3.33. The molecule has 1 atom stereocenters. The van der Waals surface area contributed by atoms with Gasteiger partial charge in [0.15, 0.2) is 0 Å². The first-order valence-corrected chi connectivity index (χ1v) is 4.69. The molecule has 0 aliphatic heterocycles. The summed E-state index contributed by atoms with van der Waals surface area (Å²) in [5.41, 5.74) is -0.0740. The quantitative estimate of drug-likeness (QED) is 0.823. The summed E-state index contributed by atoms with van der Waals surface area (Å²) in [7, 11) is 0. The monoisotopic (exact) mass is 244 g/mol. The van der Waals surface area contributed by atoms with E-state index in [1.54, 1.807) is 6.07 Å². The Kier molecular flexibility index (Phi) is 3.77. The minimum absolute atomic E-state index is 0.0740. The lowest BCUT2D eigenvalue weighted by molar-refractivity contribution is -0.193. The minimum Gasteiger partial charge on any atom is -0.477 e. The molecule has 17 heavy (non-hydrogen) atoms. The number of benzene rings is 1. The minimum atomic E-state index is -4.17. The van der Waals surface area contributed by atoms with Gasteiger partial charge in [-0.1, -0.05) is 30.3 Å². The van der Waals surface area contributed by atoms with Crippen LogP contribution in [0.4, 0.5) is 8.78 Å². The van der Waals surface area contributed by atoms with E-state index in [0.29, 0.717) is 0 Å². The van der Waals surface area contributed by atoms with Crippen molar-refractivity contribution in [3.8, 4) is 0 Å². The smallest absolute Gasteiger partial charge is 0.382 e. The van der Waals surface area contributed by atoms with Crippen LogP contribution in [0, 0.1) is 0 Å². The van der Waals surface area contributed by atoms with Crippen molar-refractivity contribution in [2.24, 2.45) is 0 Å². The average molecular weight is 244 g/mol. The van der Waals surface area contributed by atoms with Crippen molar-refractivity contribution >= 4 is 11.9 Å². The topological polar surface area (TPSA) is 63.6 Å². The summed E-state index contributed by atoms with van der Waals surface area (Å²) in [6.45, 7) is 0.938. The maximum absolute atomic E-state index is 13.4. The second kappa shape index (κ2) is 4.90. The van der Waals surface area contributed by atoms with Crippen LogP contribution in [0.25, 0.3) is 0 Å². The zero-order valence-corrected chi connectivity index (χ0v) is 8.89. The molecule has 0 amide bonds. The second-order valence-corrected chi connectivity index (χ2v) is 3.33. The number of halogens is 2. The van der Waals surface area contributed by atoms with Crippen molar-refractivity contribution in [1.29, 1.82) is 0 Å². The SMILES string of the molecule is CC(=O)OC(c1ccccc1)C(F)(F)C(=O)O. The van der Waals surface area contributed by atoms with Gasteiger partial charge in [-0.25, -0.2) is 4.79 Å². The highest BCUT2D eigenvalue weighted by Gasteiger charge is 2.50. The lowest BCUT2D eigenvalue weighted by atomic mass is 10.0. The van der Waals surface area contributed by atoms with Crippen LogP contribution >= 0.6 is 0 Å². The Morgan fingerprint density at radius 2 is 1.82 bits per heavy atom. The van der Waals surface area contributed by atoms with Crippen molar-refractivity contribution in [2.75, 3.05) is 0 Å². The molecule has 0 bridgehead atoms. The number of alkyl halides is 2. The molecular weight excluding hydrogens is 234 g/mol. The van der Waals surface area contributed by atoms with Crippen molar-refractivity contribution in [3.63, 3.8) is 0 Å². The fourth-order valence-corrected chi connectivity index (χ4v) is 1.26. The Hall–Kier alpha value is -1.98. The van der Waals surface area contributed by atoms with E-state index in [4.69, 9.17) is 5.11 Å². The van der Waals surface area contributed by atoms with Gasteiger partial charge >= 0.3 is 17.9 Å². The Morgan fingerprint density at radius 1 is 1.29 bits per heavy atom. The lowest BCUT2D eigenvalue weighted by Gasteiger charge is -2.23. The number of esters is 1. The molecule has 1 aromatic carbocycles. The van der Waals surface area contributed by atoms with Crippen LogP contribution in [0.15, 0.2) is 30.3 Å². The van der Waals surface area contributed by atoms with Gasteiger partial charge in [0.25, 0.3) is 0 Å². The Bertz CT molecular complexity index is 417. The molecule has 1 aromatic rings. The molecule has 4 nitrogen and oxygen atoms in total. The van der Waals surface area contributed by atoms with Crippen LogP contribution in [0.2, 0.25) is 0 Å². The maximum atomic E-state index is 13.4. The van der Waals surface area contributed by atoms with Gasteiger partial charge in [-0.2, -0.15) is 8.78 Å². The van der Waals surface area contributed by atoms with Crippen molar-refractivity contribution < 1.29 is 28.2 Å². The van der Waals surface area contributed by atoms with Crippen LogP contribution < -0.4 is 0 Å². The molecule has 0 aromatic heterocycles. The van der Waals surface area contributed by atoms with E-state index in [9.17, 15) is 18.4 Å². The normalized spacial score (nSPS) is 12.9. The third kappa shape index (κ3) is 2.99. The van der Waals surface area contributed by atoms with E-state index >= 15 is 0 Å². The number of ether oxygens (including phenoxy) is 1. The molecule has 0 saturated carbocycles. The number of carbonyl (C=O) groups is 2. The van der Waals surface area contributed by atoms with Crippen LogP contribution in [0.1, 0.15) is 18.6 Å². The van der Waals surface area contributed by atoms with Gasteiger partial charge in [0, 0.05) is 6.92 Å². The first-order chi connectivity index (χ1) is 7.85. The zero-order chi connectivity index (χ0) is 13.1. The van der Waals surface area contributed by atoms with Crippen LogP contribution in [-0.4, -0.2) is 23.0 Å². The number of hydrogen-bond acceptors (Lipinski definition) is 3. The average Bonchev–Trinajstić information content (AvgIpc) is 2.26. The molecule has 0 aliphatic rings. The van der Waals surface area contributed by atoms with Gasteiger partial charge in [0.1, 0.15) is 0 Å². The highest BCUT2D eigenvalue weighted by atomic mass is 19.3. The third-order valence-electron chi connectivity index (χ3n) is 2.00. The number of carboxylic acid groups (broad SMARTS) is 1. The van der Waals surface area contributed by atoms with Crippen LogP contribution in [0.5, 0.6) is 0 Å². The van der Waals surface area contributed by atoms with Gasteiger partial charge in [0.05, 0.1) is 0 Å². The van der Waals surface area contributed by atoms with E-state index in [2.05, 4.69) is 4.74 Å². The fraction of sp³-hybridized carbons (Fsp3) is 0.273. The first-order valence-electron chi connectivity index (χ1n) is 4.69. The van der Waals surface area contributed by atoms with E-state index in [1.807, 2.05) is 0 Å². The molecule has 0 saturated heterocycles. The van der Waals surface area contributed by atoms with Crippen molar-refractivity contribution in [2.45, 2.75) is 19.0 Å². The maximum Gasteiger partial charge on any atom is 0.382 e. The first kappa shape index (κ1) is 13.1. The van der Waals surface area contributed by atoms with Gasteiger partial charge in [-0.15, -0.1) is 0 Å². The van der Waals surface area contributed by atoms with Gasteiger partial charge in [-0.05, 0) is 5.56 Å². The number of carboxylic acids is 1. The summed E-state index contributed by atoms with van der Waals surface area (Å²) in [5, 5.41) is 8.44. The lowest BCUT2D eigenvalue weighted by Crippen LogP contribution is -2.37.